The molecule has 0 amide bonds. The second-order valence-electron chi connectivity index (χ2n) is 5.13. The van der Waals surface area contributed by atoms with Crippen molar-refractivity contribution in [3.63, 3.8) is 0 Å². The minimum atomic E-state index is -0.483. The van der Waals surface area contributed by atoms with E-state index in [1.54, 1.807) is 31.2 Å². The van der Waals surface area contributed by atoms with Crippen molar-refractivity contribution in [2.45, 2.75) is 13.0 Å². The van der Waals surface area contributed by atoms with E-state index in [9.17, 15) is 9.90 Å². The molecule has 0 aromatic heterocycles. The number of allylic oxidation sites excluding steroid dienone is 1. The van der Waals surface area contributed by atoms with E-state index in [4.69, 9.17) is 4.74 Å². The molecule has 110 valence electrons. The summed E-state index contributed by atoms with van der Waals surface area (Å²) in [4.78, 5) is 12.4. The molecule has 0 bridgehead atoms. The van der Waals surface area contributed by atoms with Gasteiger partial charge in [0.15, 0.2) is 5.78 Å². The highest BCUT2D eigenvalue weighted by Crippen LogP contribution is 2.34. The zero-order valence-corrected chi connectivity index (χ0v) is 12.2. The number of para-hydroxylation sites is 1. The number of aliphatic hydroxyl groups is 1. The highest BCUT2D eigenvalue weighted by Gasteiger charge is 2.28. The predicted molar refractivity (Wildman–Crippen MR) is 86.6 cm³/mol. The summed E-state index contributed by atoms with van der Waals surface area (Å²) in [6.07, 6.45) is 2.72. The Balaban J connectivity index is 1.93. The molecular weight excluding hydrogens is 276 g/mol. The van der Waals surface area contributed by atoms with Gasteiger partial charge in [-0.3, -0.25) is 4.79 Å². The number of fused-ring (bicyclic) bond motifs is 1. The Morgan fingerprint density at radius 2 is 1.77 bits per heavy atom. The molecule has 0 spiro atoms. The Morgan fingerprint density at radius 3 is 2.55 bits per heavy atom. The Hall–Kier alpha value is -2.81. The molecule has 1 atom stereocenters. The fraction of sp³-hybridized carbons (Fsp3) is 0.105. The van der Waals surface area contributed by atoms with Crippen LogP contribution in [0.5, 0.6) is 5.75 Å². The molecule has 1 aliphatic heterocycles. The number of ether oxygens (including phenoxy) is 1. The van der Waals surface area contributed by atoms with Crippen molar-refractivity contribution >= 4 is 17.6 Å². The zero-order chi connectivity index (χ0) is 15.5. The SMILES string of the molecule is CC1Oc2ccccc2C(O)=C1C(=O)/C=C/c1ccccc1. The number of carbonyl (C=O) groups excluding carboxylic acids is 1. The number of benzene rings is 2. The fourth-order valence-corrected chi connectivity index (χ4v) is 2.49. The molecule has 22 heavy (non-hydrogen) atoms. The second-order valence-corrected chi connectivity index (χ2v) is 5.13. The van der Waals surface area contributed by atoms with Gasteiger partial charge >= 0.3 is 0 Å². The lowest BCUT2D eigenvalue weighted by Gasteiger charge is -2.25. The summed E-state index contributed by atoms with van der Waals surface area (Å²) < 4.78 is 5.72. The first-order valence-electron chi connectivity index (χ1n) is 7.13. The fourth-order valence-electron chi connectivity index (χ4n) is 2.49. The van der Waals surface area contributed by atoms with E-state index in [2.05, 4.69) is 0 Å². The minimum Gasteiger partial charge on any atom is -0.507 e. The standard InChI is InChI=1S/C19H16O3/c1-13-18(16(20)12-11-14-7-3-2-4-8-14)19(21)15-9-5-6-10-17(15)22-13/h2-13,21H,1H3/b12-11+. The van der Waals surface area contributed by atoms with Crippen molar-refractivity contribution in [2.75, 3.05) is 0 Å². The molecule has 2 aromatic carbocycles. The van der Waals surface area contributed by atoms with E-state index in [0.29, 0.717) is 11.3 Å². The molecule has 1 unspecified atom stereocenters. The summed E-state index contributed by atoms with van der Waals surface area (Å²) >= 11 is 0. The Labute approximate surface area is 129 Å². The van der Waals surface area contributed by atoms with Crippen LogP contribution in [0.1, 0.15) is 18.1 Å². The number of carbonyl (C=O) groups is 1. The van der Waals surface area contributed by atoms with Crippen LogP contribution in [0.3, 0.4) is 0 Å². The van der Waals surface area contributed by atoms with E-state index in [1.165, 1.54) is 6.08 Å². The van der Waals surface area contributed by atoms with E-state index < -0.39 is 6.10 Å². The maximum atomic E-state index is 12.4. The lowest BCUT2D eigenvalue weighted by Crippen LogP contribution is -2.25. The second kappa shape index (κ2) is 5.90. The third kappa shape index (κ3) is 2.66. The molecule has 0 fully saturated rings. The van der Waals surface area contributed by atoms with Gasteiger partial charge in [0.1, 0.15) is 17.6 Å². The van der Waals surface area contributed by atoms with E-state index in [-0.39, 0.29) is 17.1 Å². The average Bonchev–Trinajstić information content (AvgIpc) is 2.54. The topological polar surface area (TPSA) is 46.5 Å². The highest BCUT2D eigenvalue weighted by molar-refractivity contribution is 6.11. The molecule has 0 radical (unpaired) electrons. The molecule has 2 aromatic rings. The molecule has 3 rings (SSSR count). The Kier molecular flexibility index (Phi) is 3.79. The van der Waals surface area contributed by atoms with Crippen molar-refractivity contribution in [3.8, 4) is 5.75 Å². The predicted octanol–water partition coefficient (Wildman–Crippen LogP) is 4.02. The summed E-state index contributed by atoms with van der Waals surface area (Å²) in [5.74, 6) is 0.344. The van der Waals surface area contributed by atoms with E-state index in [1.807, 2.05) is 36.4 Å². The Bertz CT molecular complexity index is 757. The number of hydrogen-bond donors (Lipinski definition) is 1. The quantitative estimate of drug-likeness (QED) is 0.869. The van der Waals surface area contributed by atoms with Crippen LogP contribution in [0.15, 0.2) is 66.2 Å². The number of aliphatic hydroxyl groups excluding tert-OH is 1. The summed E-state index contributed by atoms with van der Waals surface area (Å²) in [5, 5.41) is 10.4. The van der Waals surface area contributed by atoms with Gasteiger partial charge in [-0.2, -0.15) is 0 Å². The monoisotopic (exact) mass is 292 g/mol. The lowest BCUT2D eigenvalue weighted by molar-refractivity contribution is -0.112. The van der Waals surface area contributed by atoms with Gasteiger partial charge in [0.05, 0.1) is 11.1 Å². The van der Waals surface area contributed by atoms with Gasteiger partial charge < -0.3 is 9.84 Å². The van der Waals surface area contributed by atoms with Crippen LogP contribution in [0.2, 0.25) is 0 Å². The molecule has 0 saturated heterocycles. The van der Waals surface area contributed by atoms with Gasteiger partial charge in [-0.25, -0.2) is 0 Å². The molecule has 3 heteroatoms. The molecular formula is C19H16O3. The van der Waals surface area contributed by atoms with Crippen molar-refractivity contribution < 1.29 is 14.6 Å². The van der Waals surface area contributed by atoms with Gasteiger partial charge in [0, 0.05) is 0 Å². The summed E-state index contributed by atoms with van der Waals surface area (Å²) in [6, 6.07) is 16.7. The first kappa shape index (κ1) is 14.1. The normalized spacial score (nSPS) is 17.2. The molecule has 0 aliphatic carbocycles. The van der Waals surface area contributed by atoms with Crippen LogP contribution in [0, 0.1) is 0 Å². The van der Waals surface area contributed by atoms with Crippen LogP contribution in [-0.4, -0.2) is 17.0 Å². The van der Waals surface area contributed by atoms with Crippen LogP contribution in [0.4, 0.5) is 0 Å². The summed E-state index contributed by atoms with van der Waals surface area (Å²) in [5.41, 5.74) is 1.77. The largest absolute Gasteiger partial charge is 0.507 e. The Morgan fingerprint density at radius 1 is 1.09 bits per heavy atom. The van der Waals surface area contributed by atoms with Crippen LogP contribution >= 0.6 is 0 Å². The maximum Gasteiger partial charge on any atom is 0.189 e. The zero-order valence-electron chi connectivity index (χ0n) is 12.2. The summed E-state index contributed by atoms with van der Waals surface area (Å²) in [7, 11) is 0. The van der Waals surface area contributed by atoms with Gasteiger partial charge in [-0.15, -0.1) is 0 Å². The highest BCUT2D eigenvalue weighted by atomic mass is 16.5. The van der Waals surface area contributed by atoms with Crippen molar-refractivity contribution in [1.82, 2.24) is 0 Å². The van der Waals surface area contributed by atoms with Crippen molar-refractivity contribution in [2.24, 2.45) is 0 Å². The third-order valence-corrected chi connectivity index (χ3v) is 3.60. The first-order chi connectivity index (χ1) is 10.7. The number of ketones is 1. The van der Waals surface area contributed by atoms with Crippen LogP contribution in [-0.2, 0) is 4.79 Å². The number of rotatable bonds is 3. The van der Waals surface area contributed by atoms with Gasteiger partial charge in [-0.05, 0) is 30.7 Å². The third-order valence-electron chi connectivity index (χ3n) is 3.60. The molecule has 1 aliphatic rings. The molecule has 1 heterocycles. The van der Waals surface area contributed by atoms with Crippen molar-refractivity contribution in [3.05, 3.63) is 77.4 Å². The molecule has 1 N–H and O–H groups in total. The van der Waals surface area contributed by atoms with Gasteiger partial charge in [-0.1, -0.05) is 48.5 Å². The molecule has 3 nitrogen and oxygen atoms in total. The number of hydrogen-bond acceptors (Lipinski definition) is 3. The minimum absolute atomic E-state index is 0.00272. The average molecular weight is 292 g/mol. The maximum absolute atomic E-state index is 12.4. The van der Waals surface area contributed by atoms with Crippen LogP contribution in [0.25, 0.3) is 11.8 Å². The van der Waals surface area contributed by atoms with Gasteiger partial charge in [0.2, 0.25) is 0 Å². The first-order valence-corrected chi connectivity index (χ1v) is 7.13. The lowest BCUT2D eigenvalue weighted by atomic mass is 9.96. The van der Waals surface area contributed by atoms with Gasteiger partial charge in [0.25, 0.3) is 0 Å². The summed E-state index contributed by atoms with van der Waals surface area (Å²) in [6.45, 7) is 1.76. The smallest absolute Gasteiger partial charge is 0.189 e. The van der Waals surface area contributed by atoms with E-state index in [0.717, 1.165) is 5.56 Å². The van der Waals surface area contributed by atoms with Crippen LogP contribution < -0.4 is 4.74 Å². The van der Waals surface area contributed by atoms with E-state index >= 15 is 0 Å². The van der Waals surface area contributed by atoms with Crippen molar-refractivity contribution in [1.29, 1.82) is 0 Å². The molecule has 0 saturated carbocycles.